The summed E-state index contributed by atoms with van der Waals surface area (Å²) in [7, 11) is 1.38. The van der Waals surface area contributed by atoms with Gasteiger partial charge in [-0.15, -0.1) is 11.8 Å². The van der Waals surface area contributed by atoms with Crippen molar-refractivity contribution in [3.63, 3.8) is 0 Å². The SMILES string of the molecule is COC(=O)c1ccc2[nH]c3c(c2c1)CN(C(=O)CSc1ccccc1)CC3. The fraction of sp³-hybridized carbons (Fsp3) is 0.238. The number of methoxy groups -OCH3 is 1. The Morgan fingerprint density at radius 2 is 2.00 bits per heavy atom. The Morgan fingerprint density at radius 1 is 1.19 bits per heavy atom. The summed E-state index contributed by atoms with van der Waals surface area (Å²) < 4.78 is 4.82. The van der Waals surface area contributed by atoms with Crippen LogP contribution in [0.4, 0.5) is 0 Å². The number of carbonyl (C=O) groups excluding carboxylic acids is 2. The molecule has 1 aromatic heterocycles. The molecule has 0 saturated carbocycles. The van der Waals surface area contributed by atoms with Crippen molar-refractivity contribution >= 4 is 34.5 Å². The van der Waals surface area contributed by atoms with Gasteiger partial charge in [0, 0.05) is 46.6 Å². The van der Waals surface area contributed by atoms with E-state index in [-0.39, 0.29) is 11.9 Å². The number of aromatic amines is 1. The molecule has 27 heavy (non-hydrogen) atoms. The Hall–Kier alpha value is -2.73. The topological polar surface area (TPSA) is 62.4 Å². The Kier molecular flexibility index (Phi) is 4.90. The molecule has 0 fully saturated rings. The third-order valence-electron chi connectivity index (χ3n) is 4.85. The van der Waals surface area contributed by atoms with Gasteiger partial charge in [0.25, 0.3) is 0 Å². The van der Waals surface area contributed by atoms with Crippen molar-refractivity contribution in [2.75, 3.05) is 19.4 Å². The Labute approximate surface area is 161 Å². The molecule has 2 aromatic carbocycles. The molecule has 1 amide bonds. The second kappa shape index (κ2) is 7.48. The zero-order valence-corrected chi connectivity index (χ0v) is 15.8. The van der Waals surface area contributed by atoms with Crippen LogP contribution in [-0.4, -0.2) is 41.2 Å². The molecule has 1 N–H and O–H groups in total. The van der Waals surface area contributed by atoms with Crippen LogP contribution in [0.25, 0.3) is 10.9 Å². The molecule has 0 aliphatic carbocycles. The first-order chi connectivity index (χ1) is 13.2. The number of hydrogen-bond acceptors (Lipinski definition) is 4. The highest BCUT2D eigenvalue weighted by Gasteiger charge is 2.24. The van der Waals surface area contributed by atoms with E-state index in [0.29, 0.717) is 24.4 Å². The summed E-state index contributed by atoms with van der Waals surface area (Å²) in [4.78, 5) is 30.9. The van der Waals surface area contributed by atoms with E-state index in [0.717, 1.165) is 33.5 Å². The minimum atomic E-state index is -0.352. The monoisotopic (exact) mass is 380 g/mol. The van der Waals surface area contributed by atoms with Crippen molar-refractivity contribution in [2.24, 2.45) is 0 Å². The average Bonchev–Trinajstić information content (AvgIpc) is 3.09. The first kappa shape index (κ1) is 17.7. The smallest absolute Gasteiger partial charge is 0.337 e. The number of H-pyrrole nitrogens is 1. The Morgan fingerprint density at radius 3 is 2.78 bits per heavy atom. The van der Waals surface area contributed by atoms with E-state index < -0.39 is 0 Å². The van der Waals surface area contributed by atoms with Crippen LogP contribution in [0.2, 0.25) is 0 Å². The number of fused-ring (bicyclic) bond motifs is 3. The fourth-order valence-electron chi connectivity index (χ4n) is 3.42. The summed E-state index contributed by atoms with van der Waals surface area (Å²) in [5, 5.41) is 0.987. The number of benzene rings is 2. The van der Waals surface area contributed by atoms with Crippen LogP contribution in [0.3, 0.4) is 0 Å². The van der Waals surface area contributed by atoms with Gasteiger partial charge < -0.3 is 14.6 Å². The van der Waals surface area contributed by atoms with Crippen LogP contribution in [-0.2, 0) is 22.5 Å². The number of hydrogen-bond donors (Lipinski definition) is 1. The minimum absolute atomic E-state index is 0.132. The molecule has 0 saturated heterocycles. The molecule has 0 radical (unpaired) electrons. The van der Waals surface area contributed by atoms with Crippen LogP contribution in [0.5, 0.6) is 0 Å². The molecule has 5 nitrogen and oxygen atoms in total. The maximum Gasteiger partial charge on any atom is 0.337 e. The predicted molar refractivity (Wildman–Crippen MR) is 106 cm³/mol. The van der Waals surface area contributed by atoms with E-state index >= 15 is 0 Å². The van der Waals surface area contributed by atoms with Gasteiger partial charge >= 0.3 is 5.97 Å². The summed E-state index contributed by atoms with van der Waals surface area (Å²) >= 11 is 1.56. The van der Waals surface area contributed by atoms with E-state index in [4.69, 9.17) is 4.74 Å². The number of thioether (sulfide) groups is 1. The Bertz CT molecular complexity index is 997. The second-order valence-electron chi connectivity index (χ2n) is 6.50. The molecule has 138 valence electrons. The highest BCUT2D eigenvalue weighted by atomic mass is 32.2. The van der Waals surface area contributed by atoms with Gasteiger partial charge in [0.2, 0.25) is 5.91 Å². The number of ether oxygens (including phenoxy) is 1. The number of nitrogens with zero attached hydrogens (tertiary/aromatic N) is 1. The van der Waals surface area contributed by atoms with Crippen molar-refractivity contribution in [1.29, 1.82) is 0 Å². The van der Waals surface area contributed by atoms with Crippen LogP contribution in [0.1, 0.15) is 21.6 Å². The normalized spacial score (nSPS) is 13.4. The van der Waals surface area contributed by atoms with Crippen molar-refractivity contribution in [2.45, 2.75) is 17.9 Å². The number of rotatable bonds is 4. The van der Waals surface area contributed by atoms with Gasteiger partial charge in [-0.3, -0.25) is 4.79 Å². The highest BCUT2D eigenvalue weighted by molar-refractivity contribution is 8.00. The second-order valence-corrected chi connectivity index (χ2v) is 7.55. The molecular weight excluding hydrogens is 360 g/mol. The number of nitrogens with one attached hydrogen (secondary N) is 1. The molecule has 4 rings (SSSR count). The number of carbonyl (C=O) groups is 2. The number of amides is 1. The lowest BCUT2D eigenvalue weighted by molar-refractivity contribution is -0.129. The van der Waals surface area contributed by atoms with E-state index in [1.165, 1.54) is 7.11 Å². The largest absolute Gasteiger partial charge is 0.465 e. The van der Waals surface area contributed by atoms with E-state index in [2.05, 4.69) is 4.98 Å². The number of aromatic nitrogens is 1. The van der Waals surface area contributed by atoms with Gasteiger partial charge in [-0.05, 0) is 30.3 Å². The first-order valence-electron chi connectivity index (χ1n) is 8.83. The number of esters is 1. The molecule has 6 heteroatoms. The Balaban J connectivity index is 1.52. The zero-order valence-electron chi connectivity index (χ0n) is 15.0. The fourth-order valence-corrected chi connectivity index (χ4v) is 4.25. The van der Waals surface area contributed by atoms with Gasteiger partial charge in [0.05, 0.1) is 18.4 Å². The molecule has 0 unspecified atom stereocenters. The van der Waals surface area contributed by atoms with Crippen molar-refractivity contribution in [3.8, 4) is 0 Å². The average molecular weight is 380 g/mol. The molecule has 0 bridgehead atoms. The molecule has 2 heterocycles. The van der Waals surface area contributed by atoms with Crippen LogP contribution in [0, 0.1) is 0 Å². The zero-order chi connectivity index (χ0) is 18.8. The van der Waals surface area contributed by atoms with Crippen molar-refractivity contribution in [1.82, 2.24) is 9.88 Å². The lowest BCUT2D eigenvalue weighted by atomic mass is 10.0. The van der Waals surface area contributed by atoms with E-state index in [1.54, 1.807) is 17.8 Å². The predicted octanol–water partition coefficient (Wildman–Crippen LogP) is 3.63. The minimum Gasteiger partial charge on any atom is -0.465 e. The van der Waals surface area contributed by atoms with Gasteiger partial charge in [-0.1, -0.05) is 18.2 Å². The van der Waals surface area contributed by atoms with E-state index in [1.807, 2.05) is 47.4 Å². The van der Waals surface area contributed by atoms with Gasteiger partial charge in [-0.25, -0.2) is 4.79 Å². The molecule has 0 atom stereocenters. The third-order valence-corrected chi connectivity index (χ3v) is 5.85. The first-order valence-corrected chi connectivity index (χ1v) is 9.81. The molecule has 1 aliphatic rings. The molecular formula is C21H20N2O3S. The lowest BCUT2D eigenvalue weighted by Gasteiger charge is -2.27. The van der Waals surface area contributed by atoms with Crippen LogP contribution >= 0.6 is 11.8 Å². The van der Waals surface area contributed by atoms with Gasteiger partial charge in [-0.2, -0.15) is 0 Å². The van der Waals surface area contributed by atoms with Crippen LogP contribution in [0.15, 0.2) is 53.4 Å². The summed E-state index contributed by atoms with van der Waals surface area (Å²) in [5.74, 6) is 0.206. The summed E-state index contributed by atoms with van der Waals surface area (Å²) in [6.07, 6.45) is 0.791. The van der Waals surface area contributed by atoms with Crippen molar-refractivity contribution < 1.29 is 14.3 Å². The van der Waals surface area contributed by atoms with Gasteiger partial charge in [0.15, 0.2) is 0 Å². The maximum absolute atomic E-state index is 12.7. The standard InChI is InChI=1S/C21H20N2O3S/c1-26-21(25)14-7-8-18-16(11-14)17-12-23(10-9-19(17)22-18)20(24)13-27-15-5-3-2-4-6-15/h2-8,11,22H,9-10,12-13H2,1H3. The van der Waals surface area contributed by atoms with E-state index in [9.17, 15) is 9.59 Å². The quantitative estimate of drug-likeness (QED) is 0.555. The van der Waals surface area contributed by atoms with Crippen LogP contribution < -0.4 is 0 Å². The molecule has 0 spiro atoms. The van der Waals surface area contributed by atoms with Gasteiger partial charge in [0.1, 0.15) is 0 Å². The molecule has 1 aliphatic heterocycles. The third kappa shape index (κ3) is 3.57. The summed E-state index contributed by atoms with van der Waals surface area (Å²) in [6, 6.07) is 15.5. The maximum atomic E-state index is 12.7. The lowest BCUT2D eigenvalue weighted by Crippen LogP contribution is -2.36. The highest BCUT2D eigenvalue weighted by Crippen LogP contribution is 2.29. The summed E-state index contributed by atoms with van der Waals surface area (Å²) in [6.45, 7) is 1.27. The van der Waals surface area contributed by atoms with Crippen molar-refractivity contribution in [3.05, 3.63) is 65.4 Å². The molecule has 3 aromatic rings. The summed E-state index contributed by atoms with van der Waals surface area (Å²) in [5.41, 5.74) is 3.75.